The number of amides is 1. The first kappa shape index (κ1) is 25.1. The third-order valence-electron chi connectivity index (χ3n) is 6.52. The number of para-hydroxylation sites is 1. The fourth-order valence-corrected chi connectivity index (χ4v) is 4.38. The molecule has 2 aromatic rings. The Morgan fingerprint density at radius 1 is 0.912 bits per heavy atom. The quantitative estimate of drug-likeness (QED) is 0.401. The van der Waals surface area contributed by atoms with Crippen LogP contribution in [0.5, 0.6) is 5.75 Å². The number of Topliss-reactive ketones (excluding diaryl/α,β-unsaturated/α-hetero) is 2. The molecular formula is C28H30FNO4. The summed E-state index contributed by atoms with van der Waals surface area (Å²) in [6, 6.07) is 12.9. The second-order valence-electron chi connectivity index (χ2n) is 8.69. The van der Waals surface area contributed by atoms with E-state index in [1.54, 1.807) is 57.2 Å². The van der Waals surface area contributed by atoms with Crippen LogP contribution in [0, 0.1) is 11.7 Å². The molecule has 3 rings (SSSR count). The molecule has 0 fully saturated rings. The van der Waals surface area contributed by atoms with E-state index in [2.05, 4.69) is 5.32 Å². The predicted molar refractivity (Wildman–Crippen MR) is 129 cm³/mol. The van der Waals surface area contributed by atoms with Crippen LogP contribution in [-0.4, -0.2) is 29.1 Å². The molecule has 1 atom stereocenters. The minimum atomic E-state index is -0.380. The normalized spacial score (nSPS) is 15.1. The van der Waals surface area contributed by atoms with Crippen molar-refractivity contribution in [2.75, 3.05) is 6.54 Å². The lowest BCUT2D eigenvalue weighted by Gasteiger charge is -2.26. The van der Waals surface area contributed by atoms with E-state index in [1.807, 2.05) is 0 Å². The SMILES string of the molecule is CC1=C(C)C(=O)C(C(CCCNC(=O)c2ccccc2O)CCc2ccccc2F)=C(C)C1=O. The summed E-state index contributed by atoms with van der Waals surface area (Å²) in [5.74, 6) is -1.27. The van der Waals surface area contributed by atoms with Gasteiger partial charge in [-0.3, -0.25) is 14.4 Å². The van der Waals surface area contributed by atoms with Crippen LogP contribution in [0.25, 0.3) is 0 Å². The number of allylic oxidation sites excluding steroid dienone is 4. The number of hydrogen-bond donors (Lipinski definition) is 2. The summed E-state index contributed by atoms with van der Waals surface area (Å²) in [6.45, 7) is 5.36. The van der Waals surface area contributed by atoms with Crippen LogP contribution in [0.1, 0.15) is 56.0 Å². The molecule has 0 saturated heterocycles. The van der Waals surface area contributed by atoms with E-state index in [4.69, 9.17) is 0 Å². The van der Waals surface area contributed by atoms with Crippen molar-refractivity contribution in [2.24, 2.45) is 5.92 Å². The molecule has 0 spiro atoms. The van der Waals surface area contributed by atoms with Crippen molar-refractivity contribution in [1.29, 1.82) is 0 Å². The van der Waals surface area contributed by atoms with Crippen molar-refractivity contribution in [1.82, 2.24) is 5.32 Å². The topological polar surface area (TPSA) is 83.5 Å². The van der Waals surface area contributed by atoms with Crippen molar-refractivity contribution in [3.8, 4) is 5.75 Å². The van der Waals surface area contributed by atoms with Crippen LogP contribution in [0.15, 0.2) is 70.8 Å². The summed E-state index contributed by atoms with van der Waals surface area (Å²) in [6.07, 6.45) is 2.04. The van der Waals surface area contributed by atoms with Crippen molar-refractivity contribution < 1.29 is 23.9 Å². The molecule has 0 aliphatic heterocycles. The monoisotopic (exact) mass is 463 g/mol. The van der Waals surface area contributed by atoms with E-state index < -0.39 is 0 Å². The fraction of sp³-hybridized carbons (Fsp3) is 0.321. The molecule has 0 radical (unpaired) electrons. The molecule has 0 bridgehead atoms. The molecule has 0 heterocycles. The van der Waals surface area contributed by atoms with E-state index in [0.717, 1.165) is 0 Å². The lowest BCUT2D eigenvalue weighted by atomic mass is 9.76. The van der Waals surface area contributed by atoms with Crippen LogP contribution in [0.2, 0.25) is 0 Å². The predicted octanol–water partition coefficient (Wildman–Crippen LogP) is 5.10. The Kier molecular flexibility index (Phi) is 8.16. The lowest BCUT2D eigenvalue weighted by Crippen LogP contribution is -2.28. The number of carbonyl (C=O) groups excluding carboxylic acids is 3. The van der Waals surface area contributed by atoms with Gasteiger partial charge in [0.1, 0.15) is 11.6 Å². The molecule has 1 aliphatic carbocycles. The van der Waals surface area contributed by atoms with Gasteiger partial charge in [-0.15, -0.1) is 0 Å². The van der Waals surface area contributed by atoms with Gasteiger partial charge in [0.05, 0.1) is 5.56 Å². The fourth-order valence-electron chi connectivity index (χ4n) is 4.38. The zero-order chi connectivity index (χ0) is 24.8. The average Bonchev–Trinajstić information content (AvgIpc) is 2.83. The highest BCUT2D eigenvalue weighted by Crippen LogP contribution is 2.34. The Morgan fingerprint density at radius 3 is 2.26 bits per heavy atom. The first-order valence-electron chi connectivity index (χ1n) is 11.5. The first-order valence-corrected chi connectivity index (χ1v) is 11.5. The van der Waals surface area contributed by atoms with E-state index in [9.17, 15) is 23.9 Å². The average molecular weight is 464 g/mol. The third kappa shape index (κ3) is 5.50. The second-order valence-corrected chi connectivity index (χ2v) is 8.69. The van der Waals surface area contributed by atoms with Gasteiger partial charge in [0.15, 0.2) is 11.6 Å². The minimum Gasteiger partial charge on any atom is -0.507 e. The van der Waals surface area contributed by atoms with E-state index in [0.29, 0.717) is 60.1 Å². The number of aromatic hydroxyl groups is 1. The largest absolute Gasteiger partial charge is 0.507 e. The van der Waals surface area contributed by atoms with Gasteiger partial charge in [0.2, 0.25) is 0 Å². The van der Waals surface area contributed by atoms with Gasteiger partial charge in [0.25, 0.3) is 5.91 Å². The summed E-state index contributed by atoms with van der Waals surface area (Å²) in [4.78, 5) is 38.2. The maximum absolute atomic E-state index is 14.2. The van der Waals surface area contributed by atoms with Crippen LogP contribution >= 0.6 is 0 Å². The van der Waals surface area contributed by atoms with Gasteiger partial charge in [-0.2, -0.15) is 0 Å². The summed E-state index contributed by atoms with van der Waals surface area (Å²) < 4.78 is 14.2. The van der Waals surface area contributed by atoms with Crippen LogP contribution in [0.3, 0.4) is 0 Å². The van der Waals surface area contributed by atoms with Crippen molar-refractivity contribution in [2.45, 2.75) is 46.5 Å². The van der Waals surface area contributed by atoms with E-state index >= 15 is 0 Å². The summed E-state index contributed by atoms with van der Waals surface area (Å²) in [7, 11) is 0. The van der Waals surface area contributed by atoms with Crippen LogP contribution in [0.4, 0.5) is 4.39 Å². The molecule has 1 amide bonds. The standard InChI is InChI=1S/C28H30FNO4/c1-17-18(2)27(33)25(19(3)26(17)32)21(15-14-20-9-4-6-12-23(20)29)10-8-16-30-28(34)22-11-5-7-13-24(22)31/h4-7,9,11-13,21,31H,8,10,14-16H2,1-3H3,(H,30,34). The lowest BCUT2D eigenvalue weighted by molar-refractivity contribution is -0.116. The number of halogens is 1. The molecule has 5 nitrogen and oxygen atoms in total. The van der Waals surface area contributed by atoms with Gasteiger partial charge in [-0.1, -0.05) is 30.3 Å². The number of rotatable bonds is 9. The highest BCUT2D eigenvalue weighted by molar-refractivity contribution is 6.24. The molecular weight excluding hydrogens is 433 g/mol. The number of aryl methyl sites for hydroxylation is 1. The third-order valence-corrected chi connectivity index (χ3v) is 6.52. The highest BCUT2D eigenvalue weighted by Gasteiger charge is 2.32. The molecule has 0 aromatic heterocycles. The van der Waals surface area contributed by atoms with Crippen molar-refractivity contribution in [3.63, 3.8) is 0 Å². The Balaban J connectivity index is 1.73. The number of benzene rings is 2. The first-order chi connectivity index (χ1) is 16.2. The summed E-state index contributed by atoms with van der Waals surface area (Å²) >= 11 is 0. The molecule has 0 saturated carbocycles. The maximum atomic E-state index is 14.2. The number of phenols is 1. The van der Waals surface area contributed by atoms with Crippen molar-refractivity contribution >= 4 is 17.5 Å². The Labute approximate surface area is 199 Å². The number of nitrogens with one attached hydrogen (secondary N) is 1. The molecule has 34 heavy (non-hydrogen) atoms. The number of ketones is 2. The van der Waals surface area contributed by atoms with Crippen LogP contribution < -0.4 is 5.32 Å². The number of phenolic OH excluding ortho intramolecular Hbond substituents is 1. The number of hydrogen-bond acceptors (Lipinski definition) is 4. The zero-order valence-corrected chi connectivity index (χ0v) is 19.8. The van der Waals surface area contributed by atoms with Gasteiger partial charge >= 0.3 is 0 Å². The maximum Gasteiger partial charge on any atom is 0.255 e. The summed E-state index contributed by atoms with van der Waals surface area (Å²) in [5, 5.41) is 12.6. The van der Waals surface area contributed by atoms with Gasteiger partial charge in [-0.05, 0) is 76.1 Å². The van der Waals surface area contributed by atoms with Gasteiger partial charge in [0, 0.05) is 28.8 Å². The molecule has 2 N–H and O–H groups in total. The second kappa shape index (κ2) is 11.1. The van der Waals surface area contributed by atoms with Gasteiger partial charge < -0.3 is 10.4 Å². The van der Waals surface area contributed by atoms with E-state index in [1.165, 1.54) is 12.1 Å². The highest BCUT2D eigenvalue weighted by atomic mass is 19.1. The molecule has 6 heteroatoms. The minimum absolute atomic E-state index is 0.0903. The molecule has 1 unspecified atom stereocenters. The summed E-state index contributed by atoms with van der Waals surface area (Å²) in [5.41, 5.74) is 2.63. The number of carbonyl (C=O) groups is 3. The molecule has 178 valence electrons. The van der Waals surface area contributed by atoms with E-state index in [-0.39, 0.29) is 40.5 Å². The Morgan fingerprint density at radius 2 is 1.56 bits per heavy atom. The Hall–Kier alpha value is -3.54. The molecule has 1 aliphatic rings. The Bertz CT molecular complexity index is 1180. The smallest absolute Gasteiger partial charge is 0.255 e. The van der Waals surface area contributed by atoms with Gasteiger partial charge in [-0.25, -0.2) is 4.39 Å². The molecule has 2 aromatic carbocycles. The van der Waals surface area contributed by atoms with Crippen molar-refractivity contribution in [3.05, 3.63) is 87.8 Å². The van der Waals surface area contributed by atoms with Crippen LogP contribution in [-0.2, 0) is 16.0 Å². The zero-order valence-electron chi connectivity index (χ0n) is 19.8.